The summed E-state index contributed by atoms with van der Waals surface area (Å²) in [7, 11) is 4.73. The molecule has 0 bridgehead atoms. The lowest BCUT2D eigenvalue weighted by Gasteiger charge is -2.36. The molecule has 0 aromatic heterocycles. The maximum absolute atomic E-state index is 9.72. The molecule has 1 aliphatic rings. The number of hydrogen-bond acceptors (Lipinski definition) is 6. The van der Waals surface area contributed by atoms with Crippen LogP contribution in [0.3, 0.4) is 0 Å². The first-order valence-corrected chi connectivity index (χ1v) is 7.95. The van der Waals surface area contributed by atoms with Gasteiger partial charge >= 0.3 is 0 Å². The molecule has 0 aliphatic carbocycles. The highest BCUT2D eigenvalue weighted by Crippen LogP contribution is 2.40. The number of ether oxygens (including phenoxy) is 3. The zero-order valence-corrected chi connectivity index (χ0v) is 14.6. The van der Waals surface area contributed by atoms with Gasteiger partial charge in [0.2, 0.25) is 5.75 Å². The Balaban J connectivity index is 2.25. The predicted molar refractivity (Wildman–Crippen MR) is 92.7 cm³/mol. The van der Waals surface area contributed by atoms with Crippen LogP contribution in [-0.4, -0.2) is 63.9 Å². The Morgan fingerprint density at radius 3 is 2.12 bits per heavy atom. The highest BCUT2D eigenvalue weighted by molar-refractivity contribution is 5.55. The summed E-state index contributed by atoms with van der Waals surface area (Å²) in [5.41, 5.74) is 0.851. The minimum Gasteiger partial charge on any atom is -0.493 e. The minimum atomic E-state index is -0.343. The smallest absolute Gasteiger partial charge is 0.203 e. The molecule has 1 aromatic rings. The lowest BCUT2D eigenvalue weighted by molar-refractivity contribution is 0.122. The average molecular weight is 331 g/mol. The summed E-state index contributed by atoms with van der Waals surface area (Å²) in [4.78, 5) is 4.51. The number of nitriles is 1. The SMILES string of the molecule is C=CCN1CCN(C(C#N)c2cc(OC)c(OC)c(OC)c2)CC1. The highest BCUT2D eigenvalue weighted by atomic mass is 16.5. The minimum absolute atomic E-state index is 0.343. The van der Waals surface area contributed by atoms with E-state index in [-0.39, 0.29) is 6.04 Å². The lowest BCUT2D eigenvalue weighted by atomic mass is 10.0. The number of piperazine rings is 1. The molecule has 24 heavy (non-hydrogen) atoms. The van der Waals surface area contributed by atoms with Crippen molar-refractivity contribution < 1.29 is 14.2 Å². The van der Waals surface area contributed by atoms with Gasteiger partial charge in [0.05, 0.1) is 27.4 Å². The van der Waals surface area contributed by atoms with E-state index in [0.717, 1.165) is 38.3 Å². The summed E-state index contributed by atoms with van der Waals surface area (Å²) in [5.74, 6) is 1.67. The van der Waals surface area contributed by atoms with Gasteiger partial charge in [-0.15, -0.1) is 6.58 Å². The van der Waals surface area contributed by atoms with Gasteiger partial charge in [0.25, 0.3) is 0 Å². The average Bonchev–Trinajstić information content (AvgIpc) is 2.63. The van der Waals surface area contributed by atoms with Gasteiger partial charge in [0.1, 0.15) is 6.04 Å². The molecule has 0 amide bonds. The third-order valence-corrected chi connectivity index (χ3v) is 4.28. The van der Waals surface area contributed by atoms with Gasteiger partial charge in [-0.1, -0.05) is 6.08 Å². The van der Waals surface area contributed by atoms with Gasteiger partial charge in [-0.3, -0.25) is 9.80 Å². The van der Waals surface area contributed by atoms with E-state index in [1.807, 2.05) is 18.2 Å². The van der Waals surface area contributed by atoms with Crippen LogP contribution >= 0.6 is 0 Å². The second kappa shape index (κ2) is 8.57. The van der Waals surface area contributed by atoms with Crippen LogP contribution in [0.5, 0.6) is 17.2 Å². The standard InChI is InChI=1S/C18H25N3O3/c1-5-6-20-7-9-21(10-8-20)15(13-19)14-11-16(22-2)18(24-4)17(12-14)23-3/h5,11-12,15H,1,6-10H2,2-4H3. The Kier molecular flexibility index (Phi) is 6.47. The number of nitrogens with zero attached hydrogens (tertiary/aromatic N) is 3. The summed E-state index contributed by atoms with van der Waals surface area (Å²) < 4.78 is 16.1. The number of rotatable bonds is 7. The van der Waals surface area contributed by atoms with Crippen LogP contribution in [-0.2, 0) is 0 Å². The topological polar surface area (TPSA) is 58.0 Å². The van der Waals surface area contributed by atoms with Gasteiger partial charge in [-0.2, -0.15) is 5.26 Å². The molecule has 6 heteroatoms. The third-order valence-electron chi connectivity index (χ3n) is 4.28. The van der Waals surface area contributed by atoms with Crippen LogP contribution in [0.25, 0.3) is 0 Å². The van der Waals surface area contributed by atoms with Gasteiger partial charge in [0.15, 0.2) is 11.5 Å². The van der Waals surface area contributed by atoms with Crippen LogP contribution in [0.1, 0.15) is 11.6 Å². The summed E-state index contributed by atoms with van der Waals surface area (Å²) in [6, 6.07) is 5.77. The van der Waals surface area contributed by atoms with E-state index >= 15 is 0 Å². The molecule has 1 fully saturated rings. The number of benzene rings is 1. The fraction of sp³-hybridized carbons (Fsp3) is 0.500. The molecule has 1 saturated heterocycles. The summed E-state index contributed by atoms with van der Waals surface area (Å²) >= 11 is 0. The molecule has 1 heterocycles. The lowest BCUT2D eigenvalue weighted by Crippen LogP contribution is -2.47. The van der Waals surface area contributed by atoms with Crippen molar-refractivity contribution in [1.82, 2.24) is 9.80 Å². The van der Waals surface area contributed by atoms with Crippen LogP contribution < -0.4 is 14.2 Å². The highest BCUT2D eigenvalue weighted by Gasteiger charge is 2.26. The van der Waals surface area contributed by atoms with Crippen molar-refractivity contribution in [3.8, 4) is 23.3 Å². The molecule has 1 unspecified atom stereocenters. The molecule has 130 valence electrons. The van der Waals surface area contributed by atoms with Crippen LogP contribution in [0.15, 0.2) is 24.8 Å². The van der Waals surface area contributed by atoms with Crippen LogP contribution in [0.4, 0.5) is 0 Å². The summed E-state index contributed by atoms with van der Waals surface area (Å²) in [5, 5.41) is 9.72. The molecule has 0 radical (unpaired) electrons. The Labute approximate surface area is 143 Å². The van der Waals surface area contributed by atoms with Crippen molar-refractivity contribution in [1.29, 1.82) is 5.26 Å². The summed E-state index contributed by atoms with van der Waals surface area (Å²) in [6.07, 6.45) is 1.91. The first kappa shape index (κ1) is 18.1. The van der Waals surface area contributed by atoms with Gasteiger partial charge in [-0.05, 0) is 17.7 Å². The van der Waals surface area contributed by atoms with Gasteiger partial charge < -0.3 is 14.2 Å². The Bertz CT molecular complexity index is 579. The first-order chi connectivity index (χ1) is 11.7. The molecular weight excluding hydrogens is 306 g/mol. The maximum Gasteiger partial charge on any atom is 0.203 e. The van der Waals surface area contributed by atoms with E-state index < -0.39 is 0 Å². The van der Waals surface area contributed by atoms with Crippen molar-refractivity contribution in [3.63, 3.8) is 0 Å². The maximum atomic E-state index is 9.72. The molecule has 1 aliphatic heterocycles. The van der Waals surface area contributed by atoms with Crippen molar-refractivity contribution in [3.05, 3.63) is 30.4 Å². The van der Waals surface area contributed by atoms with Crippen LogP contribution in [0, 0.1) is 11.3 Å². The normalized spacial score (nSPS) is 16.9. The Hall–Kier alpha value is -2.23. The van der Waals surface area contributed by atoms with E-state index in [9.17, 15) is 5.26 Å². The molecule has 0 saturated carbocycles. The van der Waals surface area contributed by atoms with Crippen molar-refractivity contribution in [2.45, 2.75) is 6.04 Å². The number of methoxy groups -OCH3 is 3. The van der Waals surface area contributed by atoms with E-state index in [0.29, 0.717) is 17.2 Å². The van der Waals surface area contributed by atoms with E-state index in [2.05, 4.69) is 22.4 Å². The molecular formula is C18H25N3O3. The molecule has 1 atom stereocenters. The third kappa shape index (κ3) is 3.81. The molecule has 6 nitrogen and oxygen atoms in total. The molecule has 0 spiro atoms. The van der Waals surface area contributed by atoms with E-state index in [1.165, 1.54) is 0 Å². The Morgan fingerprint density at radius 2 is 1.71 bits per heavy atom. The van der Waals surface area contributed by atoms with Gasteiger partial charge in [-0.25, -0.2) is 0 Å². The fourth-order valence-corrected chi connectivity index (χ4v) is 3.01. The zero-order valence-electron chi connectivity index (χ0n) is 14.6. The molecule has 2 rings (SSSR count). The zero-order chi connectivity index (χ0) is 17.5. The second-order valence-corrected chi connectivity index (χ2v) is 5.62. The first-order valence-electron chi connectivity index (χ1n) is 7.95. The van der Waals surface area contributed by atoms with Gasteiger partial charge in [0, 0.05) is 32.7 Å². The van der Waals surface area contributed by atoms with Crippen molar-refractivity contribution >= 4 is 0 Å². The van der Waals surface area contributed by atoms with E-state index in [1.54, 1.807) is 21.3 Å². The van der Waals surface area contributed by atoms with E-state index in [4.69, 9.17) is 14.2 Å². The van der Waals surface area contributed by atoms with Crippen LogP contribution in [0.2, 0.25) is 0 Å². The molecule has 1 aromatic carbocycles. The monoisotopic (exact) mass is 331 g/mol. The van der Waals surface area contributed by atoms with Crippen molar-refractivity contribution in [2.75, 3.05) is 54.1 Å². The largest absolute Gasteiger partial charge is 0.493 e. The fourth-order valence-electron chi connectivity index (χ4n) is 3.01. The predicted octanol–water partition coefficient (Wildman–Crippen LogP) is 2.08. The Morgan fingerprint density at radius 1 is 1.12 bits per heavy atom. The van der Waals surface area contributed by atoms with Crippen molar-refractivity contribution in [2.24, 2.45) is 0 Å². The second-order valence-electron chi connectivity index (χ2n) is 5.62. The number of hydrogen-bond donors (Lipinski definition) is 0. The molecule has 0 N–H and O–H groups in total. The summed E-state index contributed by atoms with van der Waals surface area (Å²) in [6.45, 7) is 8.19. The quantitative estimate of drug-likeness (QED) is 0.713.